The molecular formula is C25H30BrClN2O4. The molecule has 0 bridgehead atoms. The van der Waals surface area contributed by atoms with Crippen molar-refractivity contribution >= 4 is 39.3 Å². The zero-order valence-corrected chi connectivity index (χ0v) is 21.3. The highest BCUT2D eigenvalue weighted by atomic mass is 79.9. The Labute approximate surface area is 208 Å². The number of carbonyl (C=O) groups excluding carboxylic acids is 2. The summed E-state index contributed by atoms with van der Waals surface area (Å²) in [5.41, 5.74) is 0.863. The second-order valence-electron chi connectivity index (χ2n) is 8.26. The topological polar surface area (TPSA) is 67.9 Å². The molecule has 2 aromatic rings. The van der Waals surface area contributed by atoms with Gasteiger partial charge in [-0.15, -0.1) is 0 Å². The third-order valence-electron chi connectivity index (χ3n) is 5.85. The summed E-state index contributed by atoms with van der Waals surface area (Å²) in [7, 11) is 1.60. The van der Waals surface area contributed by atoms with E-state index in [1.54, 1.807) is 37.1 Å². The van der Waals surface area contributed by atoms with E-state index in [0.29, 0.717) is 16.5 Å². The Kier molecular flexibility index (Phi) is 9.44. The van der Waals surface area contributed by atoms with Crippen LogP contribution >= 0.6 is 27.5 Å². The molecule has 0 spiro atoms. The molecule has 3 rings (SSSR count). The highest BCUT2D eigenvalue weighted by Crippen LogP contribution is 2.28. The van der Waals surface area contributed by atoms with Gasteiger partial charge in [0, 0.05) is 17.1 Å². The van der Waals surface area contributed by atoms with E-state index < -0.39 is 6.04 Å². The predicted octanol–water partition coefficient (Wildman–Crippen LogP) is 5.36. The zero-order chi connectivity index (χ0) is 23.8. The van der Waals surface area contributed by atoms with Crippen molar-refractivity contribution in [3.05, 3.63) is 57.5 Å². The molecule has 2 aromatic carbocycles. The number of methoxy groups -OCH3 is 1. The molecule has 0 radical (unpaired) electrons. The number of hydrogen-bond acceptors (Lipinski definition) is 4. The number of carbonyl (C=O) groups is 2. The minimum Gasteiger partial charge on any atom is -0.497 e. The fraction of sp³-hybridized carbons (Fsp3) is 0.440. The highest BCUT2D eigenvalue weighted by Gasteiger charge is 2.28. The van der Waals surface area contributed by atoms with Crippen LogP contribution in [0.15, 0.2) is 46.9 Å². The highest BCUT2D eigenvalue weighted by molar-refractivity contribution is 9.10. The first-order valence-corrected chi connectivity index (χ1v) is 12.3. The van der Waals surface area contributed by atoms with Crippen LogP contribution in [0.5, 0.6) is 11.5 Å². The van der Waals surface area contributed by atoms with E-state index in [9.17, 15) is 9.59 Å². The van der Waals surface area contributed by atoms with E-state index in [1.165, 1.54) is 6.42 Å². The average Bonchev–Trinajstić information content (AvgIpc) is 2.82. The first-order chi connectivity index (χ1) is 15.9. The lowest BCUT2D eigenvalue weighted by atomic mass is 9.95. The first-order valence-electron chi connectivity index (χ1n) is 11.2. The van der Waals surface area contributed by atoms with Crippen molar-refractivity contribution in [2.75, 3.05) is 13.7 Å². The Morgan fingerprint density at radius 1 is 1.18 bits per heavy atom. The molecule has 1 saturated carbocycles. The summed E-state index contributed by atoms with van der Waals surface area (Å²) in [6.07, 6.45) is 5.40. The second-order valence-corrected chi connectivity index (χ2v) is 9.58. The summed E-state index contributed by atoms with van der Waals surface area (Å²) < 4.78 is 11.8. The van der Waals surface area contributed by atoms with Crippen LogP contribution in [0, 0.1) is 0 Å². The fourth-order valence-corrected chi connectivity index (χ4v) is 4.66. The van der Waals surface area contributed by atoms with Gasteiger partial charge in [0.1, 0.15) is 17.5 Å². The Morgan fingerprint density at radius 3 is 2.64 bits per heavy atom. The Morgan fingerprint density at radius 2 is 1.94 bits per heavy atom. The van der Waals surface area contributed by atoms with Gasteiger partial charge < -0.3 is 19.7 Å². The summed E-state index contributed by atoms with van der Waals surface area (Å²) >= 11 is 9.57. The molecule has 6 nitrogen and oxygen atoms in total. The molecule has 2 amide bonds. The largest absolute Gasteiger partial charge is 0.497 e. The molecule has 8 heteroatoms. The number of nitrogens with one attached hydrogen (secondary N) is 1. The number of nitrogens with zero attached hydrogens (tertiary/aromatic N) is 1. The van der Waals surface area contributed by atoms with E-state index in [0.717, 1.165) is 35.7 Å². The van der Waals surface area contributed by atoms with Crippen molar-refractivity contribution in [3.63, 3.8) is 0 Å². The fourth-order valence-electron chi connectivity index (χ4n) is 3.93. The smallest absolute Gasteiger partial charge is 0.261 e. The quantitative estimate of drug-likeness (QED) is 0.468. The van der Waals surface area contributed by atoms with Crippen LogP contribution in [0.25, 0.3) is 0 Å². The number of halogens is 2. The summed E-state index contributed by atoms with van der Waals surface area (Å²) in [4.78, 5) is 27.8. The van der Waals surface area contributed by atoms with Crippen LogP contribution in [-0.4, -0.2) is 42.5 Å². The van der Waals surface area contributed by atoms with Crippen molar-refractivity contribution in [2.45, 2.75) is 57.7 Å². The van der Waals surface area contributed by atoms with Gasteiger partial charge in [-0.05, 0) is 55.7 Å². The molecular weight excluding hydrogens is 508 g/mol. The molecule has 0 saturated heterocycles. The van der Waals surface area contributed by atoms with E-state index in [2.05, 4.69) is 21.2 Å². The number of rotatable bonds is 9. The number of hydrogen-bond donors (Lipinski definition) is 1. The van der Waals surface area contributed by atoms with Crippen LogP contribution in [0.3, 0.4) is 0 Å². The molecule has 1 aliphatic rings. The van der Waals surface area contributed by atoms with Crippen LogP contribution in [0.2, 0.25) is 5.02 Å². The molecule has 1 atom stereocenters. The van der Waals surface area contributed by atoms with Gasteiger partial charge >= 0.3 is 0 Å². The molecule has 0 unspecified atom stereocenters. The van der Waals surface area contributed by atoms with E-state index >= 15 is 0 Å². The Hall–Kier alpha value is -2.25. The molecule has 0 heterocycles. The maximum Gasteiger partial charge on any atom is 0.261 e. The van der Waals surface area contributed by atoms with Gasteiger partial charge in [0.15, 0.2) is 6.61 Å². The van der Waals surface area contributed by atoms with Gasteiger partial charge in [-0.25, -0.2) is 0 Å². The van der Waals surface area contributed by atoms with Crippen molar-refractivity contribution in [1.82, 2.24) is 10.2 Å². The first kappa shape index (κ1) is 25.4. The van der Waals surface area contributed by atoms with Crippen LogP contribution in [0.1, 0.15) is 44.6 Å². The van der Waals surface area contributed by atoms with E-state index in [4.69, 9.17) is 21.1 Å². The lowest BCUT2D eigenvalue weighted by molar-refractivity contribution is -0.142. The van der Waals surface area contributed by atoms with E-state index in [1.807, 2.05) is 24.3 Å². The van der Waals surface area contributed by atoms with Gasteiger partial charge in [-0.2, -0.15) is 0 Å². The maximum atomic E-state index is 13.2. The van der Waals surface area contributed by atoms with Gasteiger partial charge in [0.2, 0.25) is 5.91 Å². The van der Waals surface area contributed by atoms with Crippen molar-refractivity contribution in [2.24, 2.45) is 0 Å². The zero-order valence-electron chi connectivity index (χ0n) is 19.0. The Balaban J connectivity index is 1.74. The molecule has 0 aromatic heterocycles. The number of amides is 2. The van der Waals surface area contributed by atoms with Crippen molar-refractivity contribution in [3.8, 4) is 11.5 Å². The maximum absolute atomic E-state index is 13.2. The normalized spacial score (nSPS) is 14.9. The van der Waals surface area contributed by atoms with Gasteiger partial charge in [-0.1, -0.05) is 58.9 Å². The Bertz CT molecular complexity index is 965. The minimum atomic E-state index is -0.658. The average molecular weight is 538 g/mol. The molecule has 1 aliphatic carbocycles. The molecule has 1 fully saturated rings. The molecule has 33 heavy (non-hydrogen) atoms. The summed E-state index contributed by atoms with van der Waals surface area (Å²) in [6.45, 7) is 1.78. The van der Waals surface area contributed by atoms with Crippen LogP contribution in [-0.2, 0) is 16.1 Å². The predicted molar refractivity (Wildman–Crippen MR) is 133 cm³/mol. The number of ether oxygens (including phenoxy) is 2. The summed E-state index contributed by atoms with van der Waals surface area (Å²) in [5.74, 6) is 0.647. The minimum absolute atomic E-state index is 0.153. The van der Waals surface area contributed by atoms with Gasteiger partial charge in [0.05, 0.1) is 12.1 Å². The number of benzene rings is 2. The van der Waals surface area contributed by atoms with Gasteiger partial charge in [0.25, 0.3) is 5.91 Å². The third-order valence-corrected chi connectivity index (χ3v) is 6.64. The molecule has 1 N–H and O–H groups in total. The SMILES string of the molecule is COc1cccc(CN(C(=O)COc2ccc(Br)cc2Cl)[C@@H](C)C(=O)NC2CCCCC2)c1. The summed E-state index contributed by atoms with van der Waals surface area (Å²) in [5, 5.41) is 3.53. The van der Waals surface area contributed by atoms with Crippen LogP contribution < -0.4 is 14.8 Å². The monoisotopic (exact) mass is 536 g/mol. The van der Waals surface area contributed by atoms with Gasteiger partial charge in [-0.3, -0.25) is 9.59 Å². The van der Waals surface area contributed by atoms with Crippen molar-refractivity contribution in [1.29, 1.82) is 0 Å². The molecule has 178 valence electrons. The van der Waals surface area contributed by atoms with Crippen molar-refractivity contribution < 1.29 is 19.1 Å². The second kappa shape index (κ2) is 12.3. The third kappa shape index (κ3) is 7.37. The van der Waals surface area contributed by atoms with Crippen LogP contribution in [0.4, 0.5) is 0 Å². The standard InChI is InChI=1S/C25H30BrClN2O4/c1-17(25(31)28-20-8-4-3-5-9-20)29(15-18-7-6-10-21(13-18)32-2)24(30)16-33-23-12-11-19(26)14-22(23)27/h6-7,10-14,17,20H,3-5,8-9,15-16H2,1-2H3,(H,28,31)/t17-/m0/s1. The summed E-state index contributed by atoms with van der Waals surface area (Å²) in [6, 6.07) is 12.2. The van der Waals surface area contributed by atoms with E-state index in [-0.39, 0.29) is 31.0 Å². The lowest BCUT2D eigenvalue weighted by Crippen LogP contribution is -2.51. The lowest BCUT2D eigenvalue weighted by Gasteiger charge is -2.31. The molecule has 0 aliphatic heterocycles.